The maximum absolute atomic E-state index is 13.7. The maximum Gasteiger partial charge on any atom is 0.348 e. The van der Waals surface area contributed by atoms with E-state index in [4.69, 9.17) is 0 Å². The van der Waals surface area contributed by atoms with E-state index < -0.39 is 17.5 Å². The Morgan fingerprint density at radius 2 is 2.03 bits per heavy atom. The average Bonchev–Trinajstić information content (AvgIpc) is 2.67. The Hall–Kier alpha value is -2.26. The van der Waals surface area contributed by atoms with Crippen molar-refractivity contribution in [3.63, 3.8) is 0 Å². The summed E-state index contributed by atoms with van der Waals surface area (Å²) in [6.45, 7) is 1.32. The molecule has 6 nitrogen and oxygen atoms in total. The van der Waals surface area contributed by atoms with Crippen LogP contribution in [0.2, 0.25) is 0 Å². The number of aromatic nitrogens is 2. The van der Waals surface area contributed by atoms with Crippen LogP contribution in [0.25, 0.3) is 0 Å². The zero-order valence-electron chi connectivity index (χ0n) is 16.5. The lowest BCUT2D eigenvalue weighted by Crippen LogP contribution is -2.33. The molecule has 0 saturated heterocycles. The number of amides is 1. The minimum absolute atomic E-state index is 0.0165. The summed E-state index contributed by atoms with van der Waals surface area (Å²) < 4.78 is 28.4. The lowest BCUT2D eigenvalue weighted by Gasteiger charge is -2.23. The standard InChI is InChI=1S/C20H24F2N4O2S/c1-25(2)9-10-26-17-6-4-3-5-14(17)19(24-20(26)28)29-12-18(27)23-16-8-7-13(21)11-15(16)22/h7-8,11H,3-6,9-10,12H2,1-2H3,(H,23,27). The molecule has 0 unspecified atom stereocenters. The summed E-state index contributed by atoms with van der Waals surface area (Å²) in [4.78, 5) is 31.0. The molecule has 1 aromatic heterocycles. The Morgan fingerprint density at radius 3 is 2.76 bits per heavy atom. The third-order valence-corrected chi connectivity index (χ3v) is 5.78. The first-order valence-corrected chi connectivity index (χ1v) is 10.5. The molecule has 1 aromatic carbocycles. The number of nitrogens with one attached hydrogen (secondary N) is 1. The molecular weight excluding hydrogens is 398 g/mol. The minimum atomic E-state index is -0.831. The number of likely N-dealkylation sites (N-methyl/N-ethyl adjacent to an activating group) is 1. The van der Waals surface area contributed by atoms with Crippen molar-refractivity contribution >= 4 is 23.4 Å². The van der Waals surface area contributed by atoms with Gasteiger partial charge < -0.3 is 10.2 Å². The minimum Gasteiger partial charge on any atom is -0.323 e. The number of anilines is 1. The highest BCUT2D eigenvalue weighted by molar-refractivity contribution is 8.00. The first-order valence-electron chi connectivity index (χ1n) is 9.50. The molecule has 29 heavy (non-hydrogen) atoms. The topological polar surface area (TPSA) is 67.2 Å². The van der Waals surface area contributed by atoms with Gasteiger partial charge in [-0.05, 0) is 51.9 Å². The lowest BCUT2D eigenvalue weighted by molar-refractivity contribution is -0.113. The van der Waals surface area contributed by atoms with Gasteiger partial charge in [-0.15, -0.1) is 0 Å². The molecule has 1 aliphatic rings. The van der Waals surface area contributed by atoms with Gasteiger partial charge in [0.1, 0.15) is 16.7 Å². The number of hydrogen-bond acceptors (Lipinski definition) is 5. The van der Waals surface area contributed by atoms with Crippen molar-refractivity contribution in [3.8, 4) is 0 Å². The van der Waals surface area contributed by atoms with Gasteiger partial charge in [0.2, 0.25) is 5.91 Å². The van der Waals surface area contributed by atoms with Gasteiger partial charge in [-0.1, -0.05) is 11.8 Å². The molecule has 2 aromatic rings. The number of rotatable bonds is 7. The van der Waals surface area contributed by atoms with Crippen LogP contribution in [0.15, 0.2) is 28.0 Å². The zero-order chi connectivity index (χ0) is 21.0. The molecule has 1 heterocycles. The highest BCUT2D eigenvalue weighted by Crippen LogP contribution is 2.28. The Bertz CT molecular complexity index is 962. The van der Waals surface area contributed by atoms with E-state index >= 15 is 0 Å². The largest absolute Gasteiger partial charge is 0.348 e. The third kappa shape index (κ3) is 5.42. The van der Waals surface area contributed by atoms with Gasteiger partial charge in [-0.3, -0.25) is 9.36 Å². The van der Waals surface area contributed by atoms with Crippen LogP contribution in [0.4, 0.5) is 14.5 Å². The molecule has 1 N–H and O–H groups in total. The maximum atomic E-state index is 13.7. The fourth-order valence-corrected chi connectivity index (χ4v) is 4.19. The number of hydrogen-bond donors (Lipinski definition) is 1. The summed E-state index contributed by atoms with van der Waals surface area (Å²) in [5, 5.41) is 3.00. The van der Waals surface area contributed by atoms with Crippen molar-refractivity contribution in [3.05, 3.63) is 51.6 Å². The monoisotopic (exact) mass is 422 g/mol. The normalized spacial score (nSPS) is 13.4. The fourth-order valence-electron chi connectivity index (χ4n) is 3.31. The van der Waals surface area contributed by atoms with Crippen molar-refractivity contribution in [1.82, 2.24) is 14.5 Å². The molecule has 156 valence electrons. The van der Waals surface area contributed by atoms with Crippen LogP contribution >= 0.6 is 11.8 Å². The second kappa shape index (κ2) is 9.49. The van der Waals surface area contributed by atoms with Crippen LogP contribution in [0.3, 0.4) is 0 Å². The van der Waals surface area contributed by atoms with E-state index in [0.717, 1.165) is 49.6 Å². The molecule has 1 aliphatic carbocycles. The van der Waals surface area contributed by atoms with Crippen molar-refractivity contribution < 1.29 is 13.6 Å². The predicted molar refractivity (Wildman–Crippen MR) is 109 cm³/mol. The number of fused-ring (bicyclic) bond motifs is 1. The smallest absolute Gasteiger partial charge is 0.323 e. The van der Waals surface area contributed by atoms with Gasteiger partial charge in [0.15, 0.2) is 0 Å². The summed E-state index contributed by atoms with van der Waals surface area (Å²) in [5.74, 6) is -2.00. The number of carbonyl (C=O) groups is 1. The summed E-state index contributed by atoms with van der Waals surface area (Å²) >= 11 is 1.18. The number of nitrogens with zero attached hydrogens (tertiary/aromatic N) is 3. The molecule has 3 rings (SSSR count). The van der Waals surface area contributed by atoms with E-state index in [2.05, 4.69) is 10.3 Å². The SMILES string of the molecule is CN(C)CCn1c2c(c(SCC(=O)Nc3ccc(F)cc3F)nc1=O)CCCC2. The van der Waals surface area contributed by atoms with Crippen molar-refractivity contribution in [1.29, 1.82) is 0 Å². The van der Waals surface area contributed by atoms with Crippen LogP contribution in [0.1, 0.15) is 24.1 Å². The third-order valence-electron chi connectivity index (χ3n) is 4.77. The number of benzene rings is 1. The highest BCUT2D eigenvalue weighted by Gasteiger charge is 2.21. The van der Waals surface area contributed by atoms with Crippen molar-refractivity contribution in [2.24, 2.45) is 0 Å². The Balaban J connectivity index is 1.74. The highest BCUT2D eigenvalue weighted by atomic mass is 32.2. The van der Waals surface area contributed by atoms with E-state index in [0.29, 0.717) is 17.6 Å². The van der Waals surface area contributed by atoms with Crippen LogP contribution in [-0.2, 0) is 24.2 Å². The second-order valence-corrected chi connectivity index (χ2v) is 8.21. The van der Waals surface area contributed by atoms with Gasteiger partial charge in [0.25, 0.3) is 0 Å². The van der Waals surface area contributed by atoms with Gasteiger partial charge >= 0.3 is 5.69 Å². The first-order chi connectivity index (χ1) is 13.8. The number of halogens is 2. The first kappa shape index (κ1) is 21.4. The molecule has 0 aliphatic heterocycles. The summed E-state index contributed by atoms with van der Waals surface area (Å²) in [5.41, 5.74) is 1.65. The van der Waals surface area contributed by atoms with E-state index in [-0.39, 0.29) is 17.1 Å². The molecule has 0 spiro atoms. The van der Waals surface area contributed by atoms with Crippen molar-refractivity contribution in [2.45, 2.75) is 37.3 Å². The summed E-state index contributed by atoms with van der Waals surface area (Å²) in [6, 6.07) is 2.98. The second-order valence-electron chi connectivity index (χ2n) is 7.25. The lowest BCUT2D eigenvalue weighted by atomic mass is 9.97. The van der Waals surface area contributed by atoms with E-state index in [1.165, 1.54) is 17.8 Å². The van der Waals surface area contributed by atoms with Gasteiger partial charge in [0, 0.05) is 30.4 Å². The molecule has 0 saturated carbocycles. The van der Waals surface area contributed by atoms with Gasteiger partial charge in [-0.2, -0.15) is 4.98 Å². The zero-order valence-corrected chi connectivity index (χ0v) is 17.3. The molecule has 1 amide bonds. The van der Waals surface area contributed by atoms with Crippen LogP contribution in [0, 0.1) is 11.6 Å². The Labute approximate surface area is 172 Å². The molecule has 0 fully saturated rings. The van der Waals surface area contributed by atoms with Gasteiger partial charge in [0.05, 0.1) is 11.4 Å². The Kier molecular flexibility index (Phi) is 7.02. The van der Waals surface area contributed by atoms with Crippen molar-refractivity contribution in [2.75, 3.05) is 31.7 Å². The molecule has 9 heteroatoms. The molecule has 0 atom stereocenters. The molecular formula is C20H24F2N4O2S. The molecule has 0 bridgehead atoms. The molecule has 0 radical (unpaired) electrons. The van der Waals surface area contributed by atoms with Crippen LogP contribution in [0.5, 0.6) is 0 Å². The summed E-state index contributed by atoms with van der Waals surface area (Å²) in [7, 11) is 3.91. The quantitative estimate of drug-likeness (QED) is 0.549. The number of thioether (sulfide) groups is 1. The van der Waals surface area contributed by atoms with Gasteiger partial charge in [-0.25, -0.2) is 13.6 Å². The van der Waals surface area contributed by atoms with E-state index in [1.54, 1.807) is 4.57 Å². The average molecular weight is 423 g/mol. The number of carbonyl (C=O) groups excluding carboxylic acids is 1. The fraction of sp³-hybridized carbons (Fsp3) is 0.450. The van der Waals surface area contributed by atoms with Crippen LogP contribution < -0.4 is 11.0 Å². The van der Waals surface area contributed by atoms with E-state index in [9.17, 15) is 18.4 Å². The predicted octanol–water partition coefficient (Wildman–Crippen LogP) is 2.69. The van der Waals surface area contributed by atoms with Crippen LogP contribution in [-0.4, -0.2) is 46.8 Å². The summed E-state index contributed by atoms with van der Waals surface area (Å²) in [6.07, 6.45) is 3.68. The Morgan fingerprint density at radius 1 is 1.28 bits per heavy atom. The van der Waals surface area contributed by atoms with E-state index in [1.807, 2.05) is 19.0 Å².